The van der Waals surface area contributed by atoms with Crippen LogP contribution in [0.2, 0.25) is 0 Å². The molecule has 1 aromatic carbocycles. The molecule has 2 rings (SSSR count). The molecule has 1 aliphatic rings. The average molecular weight is 274 g/mol. The zero-order valence-electron chi connectivity index (χ0n) is 12.4. The van der Waals surface area contributed by atoms with Gasteiger partial charge in [-0.15, -0.1) is 0 Å². The Bertz CT molecular complexity index is 399. The van der Waals surface area contributed by atoms with Crippen LogP contribution in [0.1, 0.15) is 57.1 Å². The highest BCUT2D eigenvalue weighted by Gasteiger charge is 2.16. The van der Waals surface area contributed by atoms with Crippen molar-refractivity contribution in [1.82, 2.24) is 10.6 Å². The zero-order chi connectivity index (χ0) is 14.2. The maximum Gasteiger partial charge on any atom is 0.234 e. The largest absolute Gasteiger partial charge is 0.348 e. The summed E-state index contributed by atoms with van der Waals surface area (Å²) in [6, 6.07) is 10.8. The van der Waals surface area contributed by atoms with E-state index in [0.29, 0.717) is 12.6 Å². The van der Waals surface area contributed by atoms with Crippen molar-refractivity contribution in [2.75, 3.05) is 6.54 Å². The Hall–Kier alpha value is -1.35. The van der Waals surface area contributed by atoms with E-state index < -0.39 is 0 Å². The monoisotopic (exact) mass is 274 g/mol. The first kappa shape index (κ1) is 15.0. The lowest BCUT2D eigenvalue weighted by Gasteiger charge is -2.23. The summed E-state index contributed by atoms with van der Waals surface area (Å²) in [7, 11) is 0. The van der Waals surface area contributed by atoms with Crippen molar-refractivity contribution in [1.29, 1.82) is 0 Å². The van der Waals surface area contributed by atoms with Crippen LogP contribution in [-0.4, -0.2) is 18.5 Å². The Labute approximate surface area is 122 Å². The lowest BCUT2D eigenvalue weighted by Crippen LogP contribution is -2.41. The molecule has 1 aliphatic carbocycles. The summed E-state index contributed by atoms with van der Waals surface area (Å²) in [5.41, 5.74) is 1.18. The van der Waals surface area contributed by atoms with Gasteiger partial charge in [-0.25, -0.2) is 0 Å². The van der Waals surface area contributed by atoms with Gasteiger partial charge in [0.2, 0.25) is 5.91 Å². The van der Waals surface area contributed by atoms with Gasteiger partial charge in [-0.2, -0.15) is 0 Å². The van der Waals surface area contributed by atoms with Crippen LogP contribution in [0.3, 0.4) is 0 Å². The summed E-state index contributed by atoms with van der Waals surface area (Å²) < 4.78 is 0. The van der Waals surface area contributed by atoms with Crippen molar-refractivity contribution in [3.8, 4) is 0 Å². The molecule has 3 nitrogen and oxygen atoms in total. The third-order valence-electron chi connectivity index (χ3n) is 4.10. The highest BCUT2D eigenvalue weighted by molar-refractivity contribution is 5.78. The smallest absolute Gasteiger partial charge is 0.234 e. The summed E-state index contributed by atoms with van der Waals surface area (Å²) >= 11 is 0. The second kappa shape index (κ2) is 8.05. The Morgan fingerprint density at radius 1 is 1.20 bits per heavy atom. The van der Waals surface area contributed by atoms with E-state index in [2.05, 4.69) is 29.7 Å². The van der Waals surface area contributed by atoms with E-state index in [4.69, 9.17) is 0 Å². The first-order valence-corrected chi connectivity index (χ1v) is 7.87. The molecule has 3 heteroatoms. The number of hydrogen-bond acceptors (Lipinski definition) is 2. The molecule has 0 saturated heterocycles. The SMILES string of the molecule is CCC(NC(=O)CNC1CCCCC1)c1ccccc1. The molecule has 1 atom stereocenters. The minimum atomic E-state index is 0.103. The molecule has 1 unspecified atom stereocenters. The molecule has 20 heavy (non-hydrogen) atoms. The molecular formula is C17H26N2O. The van der Waals surface area contributed by atoms with Gasteiger partial charge in [-0.3, -0.25) is 4.79 Å². The Morgan fingerprint density at radius 2 is 1.90 bits per heavy atom. The lowest BCUT2D eigenvalue weighted by atomic mass is 9.95. The van der Waals surface area contributed by atoms with Gasteiger partial charge in [-0.05, 0) is 24.8 Å². The number of nitrogens with one attached hydrogen (secondary N) is 2. The van der Waals surface area contributed by atoms with Crippen molar-refractivity contribution < 1.29 is 4.79 Å². The summed E-state index contributed by atoms with van der Waals surface area (Å²) in [4.78, 5) is 12.1. The van der Waals surface area contributed by atoms with E-state index in [0.717, 1.165) is 6.42 Å². The first-order valence-electron chi connectivity index (χ1n) is 7.87. The molecule has 0 aliphatic heterocycles. The second-order valence-electron chi connectivity index (χ2n) is 5.65. The summed E-state index contributed by atoms with van der Waals surface area (Å²) in [5, 5.41) is 6.51. The van der Waals surface area contributed by atoms with Crippen LogP contribution in [0, 0.1) is 0 Å². The maximum absolute atomic E-state index is 12.1. The van der Waals surface area contributed by atoms with Gasteiger partial charge in [0.15, 0.2) is 0 Å². The van der Waals surface area contributed by atoms with Crippen molar-refractivity contribution in [2.45, 2.75) is 57.5 Å². The summed E-state index contributed by atoms with van der Waals surface area (Å²) in [6.45, 7) is 2.54. The van der Waals surface area contributed by atoms with Crippen molar-refractivity contribution >= 4 is 5.91 Å². The number of hydrogen-bond donors (Lipinski definition) is 2. The van der Waals surface area contributed by atoms with E-state index >= 15 is 0 Å². The van der Waals surface area contributed by atoms with Crippen LogP contribution in [0.15, 0.2) is 30.3 Å². The normalized spacial score (nSPS) is 17.6. The van der Waals surface area contributed by atoms with Crippen LogP contribution in [0.25, 0.3) is 0 Å². The highest BCUT2D eigenvalue weighted by Crippen LogP contribution is 2.17. The Balaban J connectivity index is 1.77. The van der Waals surface area contributed by atoms with Gasteiger partial charge in [0, 0.05) is 6.04 Å². The van der Waals surface area contributed by atoms with Gasteiger partial charge < -0.3 is 10.6 Å². The van der Waals surface area contributed by atoms with Crippen molar-refractivity contribution in [3.63, 3.8) is 0 Å². The third-order valence-corrected chi connectivity index (χ3v) is 4.10. The van der Waals surface area contributed by atoms with E-state index in [1.807, 2.05) is 18.2 Å². The van der Waals surface area contributed by atoms with Crippen LogP contribution < -0.4 is 10.6 Å². The molecule has 0 radical (unpaired) electrons. The molecular weight excluding hydrogens is 248 g/mol. The van der Waals surface area contributed by atoms with Gasteiger partial charge in [-0.1, -0.05) is 56.5 Å². The number of carbonyl (C=O) groups excluding carboxylic acids is 1. The molecule has 0 bridgehead atoms. The van der Waals surface area contributed by atoms with E-state index in [1.54, 1.807) is 0 Å². The number of carbonyl (C=O) groups is 1. The highest BCUT2D eigenvalue weighted by atomic mass is 16.1. The standard InChI is InChI=1S/C17H26N2O/c1-2-16(14-9-5-3-6-10-14)19-17(20)13-18-15-11-7-4-8-12-15/h3,5-6,9-10,15-16,18H,2,4,7-8,11-13H2,1H3,(H,19,20). The molecule has 1 aromatic rings. The van der Waals surface area contributed by atoms with E-state index in [1.165, 1.54) is 37.7 Å². The van der Waals surface area contributed by atoms with Crippen LogP contribution >= 0.6 is 0 Å². The average Bonchev–Trinajstić information content (AvgIpc) is 2.52. The first-order chi connectivity index (χ1) is 9.79. The van der Waals surface area contributed by atoms with Crippen molar-refractivity contribution in [2.24, 2.45) is 0 Å². The predicted octanol–water partition coefficient (Wildman–Crippen LogP) is 3.18. The van der Waals surface area contributed by atoms with E-state index in [-0.39, 0.29) is 11.9 Å². The molecule has 1 fully saturated rings. The zero-order valence-corrected chi connectivity index (χ0v) is 12.4. The molecule has 0 aromatic heterocycles. The summed E-state index contributed by atoms with van der Waals surface area (Å²) in [6.07, 6.45) is 7.27. The number of amides is 1. The predicted molar refractivity (Wildman–Crippen MR) is 82.5 cm³/mol. The molecule has 2 N–H and O–H groups in total. The molecule has 110 valence electrons. The Kier molecular flexibility index (Phi) is 6.06. The molecule has 1 amide bonds. The van der Waals surface area contributed by atoms with Gasteiger partial charge in [0.25, 0.3) is 0 Å². The van der Waals surface area contributed by atoms with Crippen LogP contribution in [0.5, 0.6) is 0 Å². The van der Waals surface area contributed by atoms with Crippen molar-refractivity contribution in [3.05, 3.63) is 35.9 Å². The molecule has 0 spiro atoms. The van der Waals surface area contributed by atoms with Crippen LogP contribution in [0.4, 0.5) is 0 Å². The fraction of sp³-hybridized carbons (Fsp3) is 0.588. The van der Waals surface area contributed by atoms with E-state index in [9.17, 15) is 4.79 Å². The molecule has 0 heterocycles. The van der Waals surface area contributed by atoms with Gasteiger partial charge in [0.1, 0.15) is 0 Å². The molecule has 1 saturated carbocycles. The number of benzene rings is 1. The maximum atomic E-state index is 12.1. The Morgan fingerprint density at radius 3 is 2.55 bits per heavy atom. The number of rotatable bonds is 6. The second-order valence-corrected chi connectivity index (χ2v) is 5.65. The fourth-order valence-electron chi connectivity index (χ4n) is 2.90. The van der Waals surface area contributed by atoms with Gasteiger partial charge >= 0.3 is 0 Å². The fourth-order valence-corrected chi connectivity index (χ4v) is 2.90. The minimum absolute atomic E-state index is 0.103. The quantitative estimate of drug-likeness (QED) is 0.836. The minimum Gasteiger partial charge on any atom is -0.348 e. The summed E-state index contributed by atoms with van der Waals surface area (Å²) in [5.74, 6) is 0.103. The topological polar surface area (TPSA) is 41.1 Å². The lowest BCUT2D eigenvalue weighted by molar-refractivity contribution is -0.121. The van der Waals surface area contributed by atoms with Gasteiger partial charge in [0.05, 0.1) is 12.6 Å². The van der Waals surface area contributed by atoms with Crippen LogP contribution in [-0.2, 0) is 4.79 Å². The third kappa shape index (κ3) is 4.64.